The SMILES string of the molecule is C[C@@H](NC(=O)[C@@H](Cc1ccccc1)NC(=O)OCc1ccccc1)C(=O)N[C@H]1[C@@H](O)[C@@H](n2cnc3c(N)ncnc32)O[C@H]1CO. The number of nitrogen functional groups attached to an aromatic ring is 1. The third kappa shape index (κ3) is 7.34. The van der Waals surface area contributed by atoms with Gasteiger partial charge in [-0.1, -0.05) is 60.7 Å². The summed E-state index contributed by atoms with van der Waals surface area (Å²) < 4.78 is 12.6. The zero-order chi connectivity index (χ0) is 31.9. The summed E-state index contributed by atoms with van der Waals surface area (Å²) in [5, 5.41) is 29.0. The van der Waals surface area contributed by atoms with Crippen molar-refractivity contribution >= 4 is 34.9 Å². The van der Waals surface area contributed by atoms with Crippen molar-refractivity contribution in [2.75, 3.05) is 12.3 Å². The third-order valence-electron chi connectivity index (χ3n) is 7.38. The Hall–Kier alpha value is -5.12. The molecule has 3 amide bonds. The highest BCUT2D eigenvalue weighted by molar-refractivity contribution is 5.91. The van der Waals surface area contributed by atoms with Crippen molar-refractivity contribution < 1.29 is 34.1 Å². The molecule has 2 aromatic heterocycles. The van der Waals surface area contributed by atoms with Gasteiger partial charge in [-0.25, -0.2) is 19.7 Å². The summed E-state index contributed by atoms with van der Waals surface area (Å²) in [5.41, 5.74) is 8.03. The van der Waals surface area contributed by atoms with Crippen molar-refractivity contribution in [1.82, 2.24) is 35.5 Å². The first kappa shape index (κ1) is 31.3. The van der Waals surface area contributed by atoms with Crippen LogP contribution in [0.4, 0.5) is 10.6 Å². The van der Waals surface area contributed by atoms with Gasteiger partial charge in [0.1, 0.15) is 42.7 Å². The molecule has 4 aromatic rings. The molecule has 1 aliphatic heterocycles. The molecule has 0 unspecified atom stereocenters. The van der Waals surface area contributed by atoms with Gasteiger partial charge in [-0.2, -0.15) is 0 Å². The lowest BCUT2D eigenvalue weighted by atomic mass is 10.0. The zero-order valence-corrected chi connectivity index (χ0v) is 24.3. The molecule has 15 nitrogen and oxygen atoms in total. The maximum atomic E-state index is 13.3. The second-order valence-electron chi connectivity index (χ2n) is 10.5. The average molecular weight is 619 g/mol. The standard InChI is InChI=1S/C30H34N8O7/c1-17(27(41)37-22-21(13-39)45-29(24(22)40)38-16-34-23-25(31)32-15-33-26(23)38)35-28(42)20(12-18-8-4-2-5-9-18)36-30(43)44-14-19-10-6-3-7-11-19/h2-11,15-17,20-22,24,29,39-40H,12-14H2,1H3,(H,35,42)(H,36,43)(H,37,41)(H2,31,32,33)/t17-,20-,21+,22-,24-,29+/m1/s1. The highest BCUT2D eigenvalue weighted by atomic mass is 16.6. The number of ether oxygens (including phenoxy) is 2. The quantitative estimate of drug-likeness (QED) is 0.133. The molecule has 0 spiro atoms. The van der Waals surface area contributed by atoms with Gasteiger partial charge < -0.3 is 41.4 Å². The second-order valence-corrected chi connectivity index (χ2v) is 10.5. The number of nitrogens with one attached hydrogen (secondary N) is 3. The Morgan fingerprint density at radius 3 is 2.38 bits per heavy atom. The number of aromatic nitrogens is 4. The van der Waals surface area contributed by atoms with Crippen molar-refractivity contribution in [2.24, 2.45) is 0 Å². The predicted molar refractivity (Wildman–Crippen MR) is 160 cm³/mol. The summed E-state index contributed by atoms with van der Waals surface area (Å²) >= 11 is 0. The van der Waals surface area contributed by atoms with Crippen molar-refractivity contribution in [2.45, 2.75) is 56.5 Å². The second kappa shape index (κ2) is 14.1. The number of rotatable bonds is 11. The molecule has 1 aliphatic rings. The van der Waals surface area contributed by atoms with Gasteiger partial charge in [0.25, 0.3) is 0 Å². The van der Waals surface area contributed by atoms with Crippen LogP contribution in [0.1, 0.15) is 24.3 Å². The fourth-order valence-corrected chi connectivity index (χ4v) is 5.00. The van der Waals surface area contributed by atoms with Crippen molar-refractivity contribution in [3.05, 3.63) is 84.4 Å². The molecule has 0 saturated carbocycles. The normalized spacial score (nSPS) is 20.7. The van der Waals surface area contributed by atoms with Crippen LogP contribution >= 0.6 is 0 Å². The number of amides is 3. The molecular weight excluding hydrogens is 584 g/mol. The van der Waals surface area contributed by atoms with Crippen LogP contribution in [0.5, 0.6) is 0 Å². The van der Waals surface area contributed by atoms with Gasteiger partial charge in [-0.3, -0.25) is 14.2 Å². The summed E-state index contributed by atoms with van der Waals surface area (Å²) in [6.45, 7) is 0.952. The number of aliphatic hydroxyl groups excluding tert-OH is 2. The first-order valence-corrected chi connectivity index (χ1v) is 14.2. The predicted octanol–water partition coefficient (Wildman–Crippen LogP) is 0.186. The van der Waals surface area contributed by atoms with Gasteiger partial charge in [0.15, 0.2) is 17.7 Å². The van der Waals surface area contributed by atoms with Gasteiger partial charge in [0, 0.05) is 6.42 Å². The minimum atomic E-state index is -1.32. The molecule has 3 heterocycles. The number of nitrogens with zero attached hydrogens (tertiary/aromatic N) is 4. The number of hydrogen-bond acceptors (Lipinski definition) is 11. The van der Waals surface area contributed by atoms with Crippen molar-refractivity contribution in [1.29, 1.82) is 0 Å². The van der Waals surface area contributed by atoms with E-state index in [2.05, 4.69) is 30.9 Å². The minimum absolute atomic E-state index is 0.0131. The maximum absolute atomic E-state index is 13.3. The highest BCUT2D eigenvalue weighted by Crippen LogP contribution is 2.32. The number of imidazole rings is 1. The Kier molecular flexibility index (Phi) is 9.82. The molecule has 0 radical (unpaired) electrons. The van der Waals surface area contributed by atoms with Crippen molar-refractivity contribution in [3.63, 3.8) is 0 Å². The van der Waals surface area contributed by atoms with Gasteiger partial charge in [-0.15, -0.1) is 0 Å². The number of hydrogen-bond donors (Lipinski definition) is 6. The molecule has 6 atom stereocenters. The summed E-state index contributed by atoms with van der Waals surface area (Å²) in [6.07, 6.45) is -1.41. The first-order valence-electron chi connectivity index (χ1n) is 14.2. The Morgan fingerprint density at radius 1 is 1.00 bits per heavy atom. The molecule has 7 N–H and O–H groups in total. The molecular formula is C30H34N8O7. The summed E-state index contributed by atoms with van der Waals surface area (Å²) in [4.78, 5) is 51.4. The van der Waals surface area contributed by atoms with Crippen LogP contribution in [0.3, 0.4) is 0 Å². The monoisotopic (exact) mass is 618 g/mol. The van der Waals surface area contributed by atoms with E-state index in [1.54, 1.807) is 12.1 Å². The van der Waals surface area contributed by atoms with Gasteiger partial charge in [0.2, 0.25) is 11.8 Å². The van der Waals surface area contributed by atoms with Crippen LogP contribution in [0, 0.1) is 0 Å². The molecule has 2 aromatic carbocycles. The van der Waals surface area contributed by atoms with Crippen LogP contribution in [-0.2, 0) is 32.1 Å². The summed E-state index contributed by atoms with van der Waals surface area (Å²) in [7, 11) is 0. The number of nitrogens with two attached hydrogens (primary N) is 1. The van der Waals surface area contributed by atoms with Gasteiger partial charge in [-0.05, 0) is 18.1 Å². The Balaban J connectivity index is 1.23. The zero-order valence-electron chi connectivity index (χ0n) is 24.3. The lowest BCUT2D eigenvalue weighted by molar-refractivity contribution is -0.130. The van der Waals surface area contributed by atoms with Crippen LogP contribution in [-0.4, -0.2) is 84.6 Å². The minimum Gasteiger partial charge on any atom is -0.445 e. The van der Waals surface area contributed by atoms with E-state index < -0.39 is 61.1 Å². The number of fused-ring (bicyclic) bond motifs is 1. The lowest BCUT2D eigenvalue weighted by Crippen LogP contribution is -2.57. The number of carbonyl (C=O) groups excluding carboxylic acids is 3. The van der Waals surface area contributed by atoms with Gasteiger partial charge >= 0.3 is 6.09 Å². The van der Waals surface area contributed by atoms with Crippen LogP contribution in [0.15, 0.2) is 73.3 Å². The molecule has 1 saturated heterocycles. The Bertz CT molecular complexity index is 1620. The number of anilines is 1. The number of benzene rings is 2. The molecule has 1 fully saturated rings. The van der Waals surface area contributed by atoms with E-state index in [9.17, 15) is 24.6 Å². The highest BCUT2D eigenvalue weighted by Gasteiger charge is 2.46. The molecule has 5 rings (SSSR count). The van der Waals surface area contributed by atoms with Crippen molar-refractivity contribution in [3.8, 4) is 0 Å². The molecule has 0 aliphatic carbocycles. The summed E-state index contributed by atoms with van der Waals surface area (Å²) in [6, 6.07) is 15.0. The van der Waals surface area contributed by atoms with E-state index in [-0.39, 0.29) is 18.8 Å². The van der Waals surface area contributed by atoms with E-state index in [0.29, 0.717) is 11.2 Å². The first-order chi connectivity index (χ1) is 21.7. The number of aliphatic hydroxyl groups is 2. The van der Waals surface area contributed by atoms with E-state index in [0.717, 1.165) is 11.1 Å². The fourth-order valence-electron chi connectivity index (χ4n) is 5.00. The van der Waals surface area contributed by atoms with E-state index in [1.807, 2.05) is 48.5 Å². The molecule has 236 valence electrons. The maximum Gasteiger partial charge on any atom is 0.408 e. The van der Waals surface area contributed by atoms with E-state index in [1.165, 1.54) is 24.1 Å². The van der Waals surface area contributed by atoms with E-state index in [4.69, 9.17) is 15.2 Å². The smallest absolute Gasteiger partial charge is 0.408 e. The Labute approximate surface area is 257 Å². The van der Waals surface area contributed by atoms with Gasteiger partial charge in [0.05, 0.1) is 19.0 Å². The van der Waals surface area contributed by atoms with Crippen LogP contribution < -0.4 is 21.7 Å². The molecule has 15 heteroatoms. The van der Waals surface area contributed by atoms with Crippen LogP contribution in [0.25, 0.3) is 11.2 Å². The lowest BCUT2D eigenvalue weighted by Gasteiger charge is -2.24. The fraction of sp³-hybridized carbons (Fsp3) is 0.333. The Morgan fingerprint density at radius 2 is 1.69 bits per heavy atom. The number of alkyl carbamates (subject to hydrolysis) is 1. The number of carbonyl (C=O) groups is 3. The molecule has 45 heavy (non-hydrogen) atoms. The van der Waals surface area contributed by atoms with Crippen LogP contribution in [0.2, 0.25) is 0 Å². The molecule has 0 bridgehead atoms. The third-order valence-corrected chi connectivity index (χ3v) is 7.38. The summed E-state index contributed by atoms with van der Waals surface area (Å²) in [5.74, 6) is -1.13. The topological polar surface area (TPSA) is 216 Å². The van der Waals surface area contributed by atoms with E-state index >= 15 is 0 Å². The average Bonchev–Trinajstić information content (AvgIpc) is 3.61. The largest absolute Gasteiger partial charge is 0.445 e.